The highest BCUT2D eigenvalue weighted by Gasteiger charge is 2.34. The molecule has 5 rings (SSSR count). The number of rotatable bonds is 7. The van der Waals surface area contributed by atoms with Gasteiger partial charge in [-0.15, -0.1) is 0 Å². The minimum absolute atomic E-state index is 0.0790. The maximum Gasteiger partial charge on any atom is 0.258 e. The van der Waals surface area contributed by atoms with Crippen LogP contribution in [0.5, 0.6) is 0 Å². The molecule has 0 atom stereocenters. The number of nitriles is 1. The van der Waals surface area contributed by atoms with Crippen molar-refractivity contribution in [1.82, 2.24) is 24.7 Å². The largest absolute Gasteiger partial charge is 0.425 e. The summed E-state index contributed by atoms with van der Waals surface area (Å²) in [6.45, 7) is 0. The minimum atomic E-state index is -3.87. The van der Waals surface area contributed by atoms with E-state index in [1.165, 1.54) is 24.5 Å². The van der Waals surface area contributed by atoms with E-state index >= 15 is 0 Å². The highest BCUT2D eigenvalue weighted by atomic mass is 32.2. The lowest BCUT2D eigenvalue weighted by atomic mass is 9.87. The summed E-state index contributed by atoms with van der Waals surface area (Å²) >= 11 is 0. The van der Waals surface area contributed by atoms with Gasteiger partial charge in [-0.05, 0) is 31.0 Å². The number of sulfonamides is 1. The molecule has 0 radical (unpaired) electrons. The van der Waals surface area contributed by atoms with Crippen molar-refractivity contribution in [3.63, 3.8) is 0 Å². The van der Waals surface area contributed by atoms with E-state index in [0.717, 1.165) is 17.8 Å². The topological polar surface area (TPSA) is 184 Å². The van der Waals surface area contributed by atoms with Gasteiger partial charge in [0.1, 0.15) is 5.65 Å². The number of hydrogen-bond donors (Lipinski definition) is 3. The van der Waals surface area contributed by atoms with Crippen LogP contribution in [0.1, 0.15) is 18.4 Å². The molecule has 1 fully saturated rings. The van der Waals surface area contributed by atoms with Crippen LogP contribution >= 0.6 is 0 Å². The van der Waals surface area contributed by atoms with E-state index in [4.69, 9.17) is 9.68 Å². The number of fused-ring (bicyclic) bond motifs is 1. The zero-order valence-electron chi connectivity index (χ0n) is 18.3. The fourth-order valence-electron chi connectivity index (χ4n) is 3.82. The Kier molecular flexibility index (Phi) is 5.55. The summed E-state index contributed by atoms with van der Waals surface area (Å²) in [5.74, 6) is 0.101. The van der Waals surface area contributed by atoms with Crippen LogP contribution < -0.4 is 10.0 Å². The SMILES string of the molecule is CS(=O)(=O)c1cnc(-c2cnc3[nH]ccc3c2NC2CC(NS(=O)(=O)c3cc(C#N)ccn3)C2)o1. The quantitative estimate of drug-likeness (QED) is 0.329. The van der Waals surface area contributed by atoms with Gasteiger partial charge in [-0.2, -0.15) is 5.26 Å². The number of aromatic nitrogens is 4. The van der Waals surface area contributed by atoms with Crippen LogP contribution in [0.25, 0.3) is 22.5 Å². The number of hydrogen-bond acceptors (Lipinski definition) is 10. The van der Waals surface area contributed by atoms with Gasteiger partial charge >= 0.3 is 0 Å². The summed E-state index contributed by atoms with van der Waals surface area (Å²) in [5, 5.41) is 12.7. The second-order valence-electron chi connectivity index (χ2n) is 8.17. The molecule has 4 aromatic rings. The first-order valence-electron chi connectivity index (χ1n) is 10.4. The summed E-state index contributed by atoms with van der Waals surface area (Å²) in [6, 6.07) is 5.98. The molecule has 0 saturated heterocycles. The molecule has 0 aliphatic heterocycles. The number of anilines is 1. The third-order valence-electron chi connectivity index (χ3n) is 5.61. The van der Waals surface area contributed by atoms with Crippen LogP contribution in [0.15, 0.2) is 57.5 Å². The van der Waals surface area contributed by atoms with E-state index in [-0.39, 0.29) is 33.7 Å². The number of oxazole rings is 1. The number of nitrogens with one attached hydrogen (secondary N) is 3. The predicted octanol–water partition coefficient (Wildman–Crippen LogP) is 1.81. The molecule has 3 N–H and O–H groups in total. The van der Waals surface area contributed by atoms with Crippen molar-refractivity contribution < 1.29 is 21.3 Å². The van der Waals surface area contributed by atoms with Crippen molar-refractivity contribution in [1.29, 1.82) is 5.26 Å². The number of sulfone groups is 1. The molecular formula is C21H19N7O5S2. The molecule has 4 heterocycles. The van der Waals surface area contributed by atoms with Crippen LogP contribution in [0, 0.1) is 11.3 Å². The van der Waals surface area contributed by atoms with Gasteiger partial charge in [0.2, 0.25) is 20.8 Å². The number of nitrogens with zero attached hydrogens (tertiary/aromatic N) is 4. The molecule has 0 bridgehead atoms. The molecular weight excluding hydrogens is 494 g/mol. The molecule has 0 spiro atoms. The van der Waals surface area contributed by atoms with E-state index in [0.29, 0.717) is 29.7 Å². The fraction of sp³-hybridized carbons (Fsp3) is 0.238. The number of H-pyrrole nitrogens is 1. The molecule has 0 unspecified atom stereocenters. The van der Waals surface area contributed by atoms with Crippen LogP contribution in [0.3, 0.4) is 0 Å². The van der Waals surface area contributed by atoms with Gasteiger partial charge in [0.25, 0.3) is 10.0 Å². The molecule has 35 heavy (non-hydrogen) atoms. The Hall–Kier alpha value is -3.80. The standard InChI is InChI=1S/C21H19N7O5S2/c1-34(29,30)18-11-26-21(33-18)16-10-25-20-15(3-5-24-20)19(16)27-13-7-14(8-13)28-35(31,32)17-6-12(9-22)2-4-23-17/h2-6,10-11,13-14,28H,7-8H2,1H3,(H2,24,25,27). The lowest BCUT2D eigenvalue weighted by Crippen LogP contribution is -2.49. The van der Waals surface area contributed by atoms with Crippen LogP contribution in [-0.4, -0.2) is 55.1 Å². The molecule has 1 aliphatic rings. The second kappa shape index (κ2) is 8.45. The predicted molar refractivity (Wildman–Crippen MR) is 124 cm³/mol. The van der Waals surface area contributed by atoms with Crippen LogP contribution in [0.2, 0.25) is 0 Å². The average Bonchev–Trinajstić information content (AvgIpc) is 3.47. The maximum absolute atomic E-state index is 12.6. The lowest BCUT2D eigenvalue weighted by Gasteiger charge is -2.37. The highest BCUT2D eigenvalue weighted by molar-refractivity contribution is 7.90. The van der Waals surface area contributed by atoms with E-state index in [9.17, 15) is 16.8 Å². The average molecular weight is 514 g/mol. The molecule has 1 saturated carbocycles. The maximum atomic E-state index is 12.6. The Morgan fingerprint density at radius 1 is 1.11 bits per heavy atom. The van der Waals surface area contributed by atoms with Crippen molar-refractivity contribution in [2.75, 3.05) is 11.6 Å². The van der Waals surface area contributed by atoms with Gasteiger partial charge in [0.15, 0.2) is 5.03 Å². The summed E-state index contributed by atoms with van der Waals surface area (Å²) in [4.78, 5) is 15.3. The van der Waals surface area contributed by atoms with Crippen LogP contribution in [-0.2, 0) is 19.9 Å². The molecule has 180 valence electrons. The smallest absolute Gasteiger partial charge is 0.258 e. The van der Waals surface area contributed by atoms with E-state index in [1.54, 1.807) is 6.20 Å². The number of aromatic amines is 1. The van der Waals surface area contributed by atoms with Crippen molar-refractivity contribution in [2.45, 2.75) is 35.0 Å². The Bertz CT molecular complexity index is 1680. The molecule has 1 aliphatic carbocycles. The summed E-state index contributed by atoms with van der Waals surface area (Å²) < 4.78 is 57.0. The van der Waals surface area contributed by atoms with Crippen molar-refractivity contribution in [2.24, 2.45) is 0 Å². The first-order valence-corrected chi connectivity index (χ1v) is 13.8. The van der Waals surface area contributed by atoms with Gasteiger partial charge in [-0.3, -0.25) is 0 Å². The van der Waals surface area contributed by atoms with Gasteiger partial charge in [-0.25, -0.2) is 36.5 Å². The monoisotopic (exact) mass is 513 g/mol. The zero-order valence-corrected chi connectivity index (χ0v) is 19.9. The highest BCUT2D eigenvalue weighted by Crippen LogP contribution is 2.36. The lowest BCUT2D eigenvalue weighted by molar-refractivity contribution is 0.346. The van der Waals surface area contributed by atoms with Crippen molar-refractivity contribution in [3.8, 4) is 17.5 Å². The summed E-state index contributed by atoms with van der Waals surface area (Å²) in [5.41, 5.74) is 1.95. The second-order valence-corrected chi connectivity index (χ2v) is 11.8. The Balaban J connectivity index is 1.35. The van der Waals surface area contributed by atoms with Crippen molar-refractivity contribution >= 4 is 36.6 Å². The van der Waals surface area contributed by atoms with E-state index in [1.807, 2.05) is 12.1 Å². The molecule has 4 aromatic heterocycles. The normalized spacial score (nSPS) is 18.2. The Labute approximate surface area is 200 Å². The zero-order chi connectivity index (χ0) is 24.8. The third kappa shape index (κ3) is 4.48. The van der Waals surface area contributed by atoms with Gasteiger partial charge in [0, 0.05) is 42.3 Å². The first kappa shape index (κ1) is 23.0. The van der Waals surface area contributed by atoms with Crippen molar-refractivity contribution in [3.05, 3.63) is 48.5 Å². The molecule has 12 nitrogen and oxygen atoms in total. The molecule has 0 amide bonds. The van der Waals surface area contributed by atoms with Gasteiger partial charge < -0.3 is 14.7 Å². The summed E-state index contributed by atoms with van der Waals surface area (Å²) in [7, 11) is -7.44. The van der Waals surface area contributed by atoms with Crippen LogP contribution in [0.4, 0.5) is 5.69 Å². The minimum Gasteiger partial charge on any atom is -0.425 e. The Morgan fingerprint density at radius 3 is 2.63 bits per heavy atom. The third-order valence-corrected chi connectivity index (χ3v) is 7.95. The Morgan fingerprint density at radius 2 is 1.91 bits per heavy atom. The fourth-order valence-corrected chi connectivity index (χ4v) is 5.53. The number of pyridine rings is 2. The van der Waals surface area contributed by atoms with Gasteiger partial charge in [-0.1, -0.05) is 0 Å². The van der Waals surface area contributed by atoms with E-state index in [2.05, 4.69) is 30.0 Å². The first-order chi connectivity index (χ1) is 16.6. The van der Waals surface area contributed by atoms with Gasteiger partial charge in [0.05, 0.1) is 29.1 Å². The molecule has 0 aromatic carbocycles. The molecule has 14 heteroatoms. The summed E-state index contributed by atoms with van der Waals surface area (Å²) in [6.07, 6.45) is 7.71. The van der Waals surface area contributed by atoms with E-state index < -0.39 is 19.9 Å².